The van der Waals surface area contributed by atoms with Gasteiger partial charge in [-0.25, -0.2) is 0 Å². The first-order valence-electron chi connectivity index (χ1n) is 7.69. The lowest BCUT2D eigenvalue weighted by Gasteiger charge is -2.20. The van der Waals surface area contributed by atoms with E-state index in [1.54, 1.807) is 0 Å². The molecule has 1 aliphatic rings. The van der Waals surface area contributed by atoms with Crippen LogP contribution in [0.4, 0.5) is 0 Å². The molecular formula is C15H30N2O2. The summed E-state index contributed by atoms with van der Waals surface area (Å²) in [7, 11) is 0. The Kier molecular flexibility index (Phi) is 7.39. The molecule has 0 radical (unpaired) electrons. The summed E-state index contributed by atoms with van der Waals surface area (Å²) >= 11 is 0. The van der Waals surface area contributed by atoms with Crippen LogP contribution in [0.5, 0.6) is 0 Å². The van der Waals surface area contributed by atoms with Crippen molar-refractivity contribution in [2.24, 2.45) is 23.5 Å². The van der Waals surface area contributed by atoms with E-state index in [-0.39, 0.29) is 17.9 Å². The fraction of sp³-hybridized carbons (Fsp3) is 0.933. The van der Waals surface area contributed by atoms with Crippen molar-refractivity contribution in [1.82, 2.24) is 5.32 Å². The number of aliphatic hydroxyl groups is 1. The van der Waals surface area contributed by atoms with Crippen molar-refractivity contribution in [2.45, 2.75) is 58.5 Å². The second-order valence-corrected chi connectivity index (χ2v) is 6.18. The minimum atomic E-state index is -0.221. The topological polar surface area (TPSA) is 75.4 Å². The maximum atomic E-state index is 11.8. The number of nitrogens with one attached hydrogen (secondary N) is 1. The molecule has 4 nitrogen and oxygen atoms in total. The summed E-state index contributed by atoms with van der Waals surface area (Å²) in [6.45, 7) is 5.70. The third kappa shape index (κ3) is 5.91. The van der Waals surface area contributed by atoms with Crippen LogP contribution in [0, 0.1) is 17.8 Å². The zero-order valence-electron chi connectivity index (χ0n) is 12.4. The first kappa shape index (κ1) is 16.4. The van der Waals surface area contributed by atoms with Gasteiger partial charge in [0, 0.05) is 18.9 Å². The van der Waals surface area contributed by atoms with Crippen molar-refractivity contribution in [3.8, 4) is 0 Å². The number of carbonyl (C=O) groups is 1. The quantitative estimate of drug-likeness (QED) is 0.628. The number of amides is 1. The van der Waals surface area contributed by atoms with Gasteiger partial charge in [-0.2, -0.15) is 0 Å². The van der Waals surface area contributed by atoms with Gasteiger partial charge in [0.2, 0.25) is 5.91 Å². The van der Waals surface area contributed by atoms with Crippen molar-refractivity contribution in [3.05, 3.63) is 0 Å². The van der Waals surface area contributed by atoms with E-state index in [1.807, 2.05) is 0 Å². The molecule has 1 fully saturated rings. The predicted molar refractivity (Wildman–Crippen MR) is 77.6 cm³/mol. The second kappa shape index (κ2) is 8.54. The highest BCUT2D eigenvalue weighted by atomic mass is 16.3. The van der Waals surface area contributed by atoms with Gasteiger partial charge >= 0.3 is 0 Å². The van der Waals surface area contributed by atoms with E-state index in [0.29, 0.717) is 31.3 Å². The number of hydrogen-bond donors (Lipinski definition) is 3. The fourth-order valence-corrected chi connectivity index (χ4v) is 2.93. The summed E-state index contributed by atoms with van der Waals surface area (Å²) in [5, 5.41) is 12.7. The maximum absolute atomic E-state index is 11.8. The van der Waals surface area contributed by atoms with Crippen LogP contribution in [0.25, 0.3) is 0 Å². The minimum Gasteiger partial charge on any atom is -0.393 e. The van der Waals surface area contributed by atoms with Crippen LogP contribution in [0.3, 0.4) is 0 Å². The highest BCUT2D eigenvalue weighted by Gasteiger charge is 2.25. The predicted octanol–water partition coefficient (Wildman–Crippen LogP) is 1.66. The standard InChI is InChI=1S/C15H30N2O2/c1-11(2)12(8-9-16)6-7-15(19)17-10-13-4-3-5-14(13)18/h11-14,18H,3-10,16H2,1-2H3,(H,17,19). The Morgan fingerprint density at radius 2 is 2.11 bits per heavy atom. The molecule has 1 amide bonds. The molecule has 0 aromatic heterocycles. The molecule has 0 spiro atoms. The van der Waals surface area contributed by atoms with E-state index < -0.39 is 0 Å². The lowest BCUT2D eigenvalue weighted by atomic mass is 9.88. The van der Waals surface area contributed by atoms with E-state index in [1.165, 1.54) is 0 Å². The molecule has 0 aromatic rings. The summed E-state index contributed by atoms with van der Waals surface area (Å²) in [6.07, 6.45) is 5.25. The lowest BCUT2D eigenvalue weighted by Crippen LogP contribution is -2.32. The number of hydrogen-bond acceptors (Lipinski definition) is 3. The average Bonchev–Trinajstić information content (AvgIpc) is 2.77. The molecular weight excluding hydrogens is 240 g/mol. The molecule has 0 saturated heterocycles. The largest absolute Gasteiger partial charge is 0.393 e. The van der Waals surface area contributed by atoms with Crippen LogP contribution in [0.2, 0.25) is 0 Å². The highest BCUT2D eigenvalue weighted by molar-refractivity contribution is 5.75. The monoisotopic (exact) mass is 270 g/mol. The Hall–Kier alpha value is -0.610. The van der Waals surface area contributed by atoms with Gasteiger partial charge in [0.15, 0.2) is 0 Å². The van der Waals surface area contributed by atoms with Gasteiger partial charge < -0.3 is 16.2 Å². The third-order valence-electron chi connectivity index (χ3n) is 4.40. The molecule has 4 heteroatoms. The Morgan fingerprint density at radius 1 is 1.37 bits per heavy atom. The van der Waals surface area contributed by atoms with Crippen LogP contribution in [0.1, 0.15) is 52.4 Å². The smallest absolute Gasteiger partial charge is 0.220 e. The van der Waals surface area contributed by atoms with E-state index in [0.717, 1.165) is 32.1 Å². The molecule has 0 heterocycles. The van der Waals surface area contributed by atoms with Gasteiger partial charge in [0.05, 0.1) is 6.10 Å². The second-order valence-electron chi connectivity index (χ2n) is 6.18. The molecule has 0 bridgehead atoms. The molecule has 3 atom stereocenters. The minimum absolute atomic E-state index is 0.113. The number of nitrogens with two attached hydrogens (primary N) is 1. The Balaban J connectivity index is 2.19. The molecule has 19 heavy (non-hydrogen) atoms. The van der Waals surface area contributed by atoms with Gasteiger partial charge in [-0.3, -0.25) is 4.79 Å². The van der Waals surface area contributed by atoms with E-state index in [2.05, 4.69) is 19.2 Å². The molecule has 0 aliphatic heterocycles. The zero-order chi connectivity index (χ0) is 14.3. The summed E-state index contributed by atoms with van der Waals surface area (Å²) in [4.78, 5) is 11.8. The van der Waals surface area contributed by atoms with Crippen molar-refractivity contribution < 1.29 is 9.90 Å². The van der Waals surface area contributed by atoms with Crippen LogP contribution in [-0.2, 0) is 4.79 Å². The van der Waals surface area contributed by atoms with Gasteiger partial charge in [0.1, 0.15) is 0 Å². The molecule has 1 aliphatic carbocycles. The summed E-state index contributed by atoms with van der Waals surface area (Å²) in [5.41, 5.74) is 5.60. The third-order valence-corrected chi connectivity index (χ3v) is 4.40. The van der Waals surface area contributed by atoms with E-state index in [9.17, 15) is 9.90 Å². The van der Waals surface area contributed by atoms with E-state index >= 15 is 0 Å². The van der Waals surface area contributed by atoms with Gasteiger partial charge in [-0.15, -0.1) is 0 Å². The Morgan fingerprint density at radius 3 is 2.63 bits per heavy atom. The van der Waals surface area contributed by atoms with Crippen molar-refractivity contribution in [3.63, 3.8) is 0 Å². The molecule has 3 unspecified atom stereocenters. The van der Waals surface area contributed by atoms with Crippen molar-refractivity contribution in [2.75, 3.05) is 13.1 Å². The first-order chi connectivity index (χ1) is 9.04. The van der Waals surface area contributed by atoms with Gasteiger partial charge in [-0.1, -0.05) is 20.3 Å². The zero-order valence-corrected chi connectivity index (χ0v) is 12.4. The van der Waals surface area contributed by atoms with Gasteiger partial charge in [0.25, 0.3) is 0 Å². The van der Waals surface area contributed by atoms with E-state index in [4.69, 9.17) is 5.73 Å². The SMILES string of the molecule is CC(C)C(CCN)CCC(=O)NCC1CCCC1O. The Labute approximate surface area is 117 Å². The lowest BCUT2D eigenvalue weighted by molar-refractivity contribution is -0.121. The van der Waals surface area contributed by atoms with Crippen molar-refractivity contribution in [1.29, 1.82) is 0 Å². The number of rotatable bonds is 8. The molecule has 4 N–H and O–H groups in total. The molecule has 112 valence electrons. The normalized spacial score (nSPS) is 24.7. The fourth-order valence-electron chi connectivity index (χ4n) is 2.93. The Bertz CT molecular complexity index is 269. The van der Waals surface area contributed by atoms with Crippen LogP contribution in [-0.4, -0.2) is 30.2 Å². The molecule has 0 aromatic carbocycles. The van der Waals surface area contributed by atoms with Gasteiger partial charge in [-0.05, 0) is 44.1 Å². The van der Waals surface area contributed by atoms with Crippen molar-refractivity contribution >= 4 is 5.91 Å². The van der Waals surface area contributed by atoms with Crippen LogP contribution in [0.15, 0.2) is 0 Å². The average molecular weight is 270 g/mol. The summed E-state index contributed by atoms with van der Waals surface area (Å²) in [6, 6.07) is 0. The molecule has 1 saturated carbocycles. The first-order valence-corrected chi connectivity index (χ1v) is 7.69. The number of carbonyl (C=O) groups excluding carboxylic acids is 1. The summed E-state index contributed by atoms with van der Waals surface area (Å²) < 4.78 is 0. The maximum Gasteiger partial charge on any atom is 0.220 e. The van der Waals surface area contributed by atoms with Crippen LogP contribution < -0.4 is 11.1 Å². The number of aliphatic hydroxyl groups excluding tert-OH is 1. The highest BCUT2D eigenvalue weighted by Crippen LogP contribution is 2.25. The summed E-state index contributed by atoms with van der Waals surface area (Å²) in [5.74, 6) is 1.48. The molecule has 1 rings (SSSR count). The van der Waals surface area contributed by atoms with Crippen LogP contribution >= 0.6 is 0 Å².